The lowest BCUT2D eigenvalue weighted by Gasteiger charge is -2.28. The van der Waals surface area contributed by atoms with E-state index >= 15 is 0 Å². The van der Waals surface area contributed by atoms with Crippen LogP contribution in [-0.2, 0) is 10.8 Å². The van der Waals surface area contributed by atoms with Gasteiger partial charge in [-0.3, -0.25) is 0 Å². The average Bonchev–Trinajstić information content (AvgIpc) is 3.98. The molecule has 12 aromatic rings. The second kappa shape index (κ2) is 12.5. The first-order chi connectivity index (χ1) is 31.2. The van der Waals surface area contributed by atoms with E-state index in [0.717, 1.165) is 11.4 Å². The van der Waals surface area contributed by atoms with Gasteiger partial charge < -0.3 is 9.30 Å². The van der Waals surface area contributed by atoms with Crippen LogP contribution in [0.3, 0.4) is 0 Å². The summed E-state index contributed by atoms with van der Waals surface area (Å²) in [5.41, 5.74) is 20.5. The molecular formula is C62H44N2. The van der Waals surface area contributed by atoms with Crippen molar-refractivity contribution in [3.63, 3.8) is 0 Å². The summed E-state index contributed by atoms with van der Waals surface area (Å²) in [6, 6.07) is 73.1. The summed E-state index contributed by atoms with van der Waals surface area (Å²) in [5.74, 6) is 0. The molecule has 0 N–H and O–H groups in total. The molecule has 64 heavy (non-hydrogen) atoms. The number of fused-ring (bicyclic) bond motifs is 14. The zero-order chi connectivity index (χ0) is 42.6. The summed E-state index contributed by atoms with van der Waals surface area (Å²) in [6.45, 7) is 9.64. The molecule has 2 heteroatoms. The van der Waals surface area contributed by atoms with E-state index in [0.29, 0.717) is 0 Å². The first-order valence-corrected chi connectivity index (χ1v) is 22.7. The van der Waals surface area contributed by atoms with E-state index in [2.05, 4.69) is 231 Å². The SMILES string of the molecule is CC1(C)c2cc(-c3ccc4c(c3)c3cccc5c6ccccc6n4c53)ccc2-c2cc3cc4c(cc3cc21)-c1ccc(N(c2ccccc2)c2ccc3ccccc3c2)cc1C4(C)C. The molecule has 0 aliphatic heterocycles. The van der Waals surface area contributed by atoms with Crippen LogP contribution in [0, 0.1) is 0 Å². The molecule has 302 valence electrons. The highest BCUT2D eigenvalue weighted by molar-refractivity contribution is 6.23. The van der Waals surface area contributed by atoms with Crippen LogP contribution >= 0.6 is 0 Å². The molecule has 0 spiro atoms. The molecule has 0 radical (unpaired) electrons. The van der Waals surface area contributed by atoms with Gasteiger partial charge in [0.05, 0.1) is 16.6 Å². The molecule has 0 bridgehead atoms. The first kappa shape index (κ1) is 35.9. The molecule has 14 rings (SSSR count). The van der Waals surface area contributed by atoms with Gasteiger partial charge >= 0.3 is 0 Å². The molecule has 2 nitrogen and oxygen atoms in total. The third kappa shape index (κ3) is 4.75. The second-order valence-electron chi connectivity index (χ2n) is 19.4. The molecular weight excluding hydrogens is 773 g/mol. The molecule has 2 aliphatic carbocycles. The molecule has 0 atom stereocenters. The van der Waals surface area contributed by atoms with Crippen molar-refractivity contribution in [2.24, 2.45) is 0 Å². The Kier molecular flexibility index (Phi) is 7.00. The molecule has 0 unspecified atom stereocenters. The Hall–Kier alpha value is -7.68. The highest BCUT2D eigenvalue weighted by atomic mass is 15.1. The number of aromatic nitrogens is 1. The Balaban J connectivity index is 0.854. The van der Waals surface area contributed by atoms with Gasteiger partial charge in [-0.05, 0) is 162 Å². The maximum absolute atomic E-state index is 2.50. The number of hydrogen-bond donors (Lipinski definition) is 0. The lowest BCUT2D eigenvalue weighted by molar-refractivity contribution is 0.660. The van der Waals surface area contributed by atoms with E-state index in [1.54, 1.807) is 0 Å². The van der Waals surface area contributed by atoms with E-state index in [1.165, 1.54) is 121 Å². The minimum absolute atomic E-state index is 0.150. The van der Waals surface area contributed by atoms with E-state index in [4.69, 9.17) is 0 Å². The topological polar surface area (TPSA) is 7.65 Å². The van der Waals surface area contributed by atoms with Crippen molar-refractivity contribution in [2.75, 3.05) is 4.90 Å². The van der Waals surface area contributed by atoms with Crippen LogP contribution in [0.5, 0.6) is 0 Å². The van der Waals surface area contributed by atoms with Gasteiger partial charge in [0.15, 0.2) is 0 Å². The van der Waals surface area contributed by atoms with Crippen molar-refractivity contribution in [1.82, 2.24) is 4.40 Å². The zero-order valence-electron chi connectivity index (χ0n) is 36.4. The fourth-order valence-electron chi connectivity index (χ4n) is 12.0. The summed E-state index contributed by atoms with van der Waals surface area (Å²) < 4.78 is 2.46. The highest BCUT2D eigenvalue weighted by Gasteiger charge is 2.39. The third-order valence-electron chi connectivity index (χ3n) is 15.2. The van der Waals surface area contributed by atoms with Crippen molar-refractivity contribution in [3.05, 3.63) is 216 Å². The quantitative estimate of drug-likeness (QED) is 0.172. The summed E-state index contributed by atoms with van der Waals surface area (Å²) in [6.07, 6.45) is 0. The normalized spacial score (nSPS) is 14.5. The standard InChI is InChI=1S/C62H44N2/c1-61(2)54-33-40(39-23-28-59-53(30-39)50-19-12-18-49-48-17-10-11-20-58(48)64(59)60(49)50)22-26-46(54)51-31-41-35-56-52(32-42(41)34-55(51)61)47-27-25-45(36-57(47)62(56,3)4)63(43-15-6-5-7-16-43)44-24-21-37-13-8-9-14-38(37)29-44/h5-36H,1-4H3. The molecule has 0 amide bonds. The highest BCUT2D eigenvalue weighted by Crippen LogP contribution is 2.55. The maximum Gasteiger partial charge on any atom is 0.0620 e. The van der Waals surface area contributed by atoms with Crippen LogP contribution in [0.4, 0.5) is 17.1 Å². The van der Waals surface area contributed by atoms with Crippen LogP contribution in [-0.4, -0.2) is 4.40 Å². The van der Waals surface area contributed by atoms with Gasteiger partial charge in [0.2, 0.25) is 0 Å². The Labute approximate surface area is 372 Å². The lowest BCUT2D eigenvalue weighted by Crippen LogP contribution is -2.16. The van der Waals surface area contributed by atoms with E-state index in [-0.39, 0.29) is 10.8 Å². The van der Waals surface area contributed by atoms with Crippen molar-refractivity contribution >= 4 is 76.7 Å². The van der Waals surface area contributed by atoms with Crippen molar-refractivity contribution in [3.8, 4) is 33.4 Å². The molecule has 2 aromatic heterocycles. The number of para-hydroxylation sites is 3. The van der Waals surface area contributed by atoms with E-state index in [1.807, 2.05) is 0 Å². The predicted molar refractivity (Wildman–Crippen MR) is 271 cm³/mol. The number of rotatable bonds is 4. The summed E-state index contributed by atoms with van der Waals surface area (Å²) in [5, 5.41) is 10.4. The lowest BCUT2D eigenvalue weighted by atomic mass is 9.80. The van der Waals surface area contributed by atoms with Gasteiger partial charge in [0.1, 0.15) is 0 Å². The van der Waals surface area contributed by atoms with Crippen molar-refractivity contribution < 1.29 is 0 Å². The number of nitrogens with zero attached hydrogens (tertiary/aromatic N) is 2. The summed E-state index contributed by atoms with van der Waals surface area (Å²) in [7, 11) is 0. The van der Waals surface area contributed by atoms with Gasteiger partial charge in [-0.1, -0.05) is 137 Å². The second-order valence-corrected chi connectivity index (χ2v) is 19.4. The Morgan fingerprint density at radius 1 is 0.328 bits per heavy atom. The van der Waals surface area contributed by atoms with Gasteiger partial charge in [0.25, 0.3) is 0 Å². The van der Waals surface area contributed by atoms with Crippen molar-refractivity contribution in [2.45, 2.75) is 38.5 Å². The van der Waals surface area contributed by atoms with Gasteiger partial charge in [-0.15, -0.1) is 0 Å². The Morgan fingerprint density at radius 2 is 0.875 bits per heavy atom. The fourth-order valence-corrected chi connectivity index (χ4v) is 12.0. The molecule has 2 heterocycles. The number of hydrogen-bond acceptors (Lipinski definition) is 1. The van der Waals surface area contributed by atoms with Crippen molar-refractivity contribution in [1.29, 1.82) is 0 Å². The maximum atomic E-state index is 2.50. The molecule has 0 saturated heterocycles. The minimum atomic E-state index is -0.178. The van der Waals surface area contributed by atoms with Gasteiger partial charge in [-0.2, -0.15) is 0 Å². The van der Waals surface area contributed by atoms with Gasteiger partial charge in [-0.25, -0.2) is 0 Å². The molecule has 0 fully saturated rings. The molecule has 10 aromatic carbocycles. The van der Waals surface area contributed by atoms with Crippen LogP contribution in [0.1, 0.15) is 49.9 Å². The largest absolute Gasteiger partial charge is 0.310 e. The summed E-state index contributed by atoms with van der Waals surface area (Å²) >= 11 is 0. The smallest absolute Gasteiger partial charge is 0.0620 e. The third-order valence-corrected chi connectivity index (χ3v) is 15.2. The minimum Gasteiger partial charge on any atom is -0.310 e. The van der Waals surface area contributed by atoms with Crippen LogP contribution < -0.4 is 4.90 Å². The Bertz CT molecular complexity index is 3960. The van der Waals surface area contributed by atoms with E-state index in [9.17, 15) is 0 Å². The predicted octanol–water partition coefficient (Wildman–Crippen LogP) is 16.9. The van der Waals surface area contributed by atoms with Crippen LogP contribution in [0.25, 0.3) is 93.0 Å². The monoisotopic (exact) mass is 816 g/mol. The first-order valence-electron chi connectivity index (χ1n) is 22.7. The molecule has 2 aliphatic rings. The number of anilines is 3. The van der Waals surface area contributed by atoms with Crippen LogP contribution in [0.2, 0.25) is 0 Å². The van der Waals surface area contributed by atoms with Crippen LogP contribution in [0.15, 0.2) is 194 Å². The average molecular weight is 817 g/mol. The number of benzene rings is 10. The fraction of sp³-hybridized carbons (Fsp3) is 0.0968. The zero-order valence-corrected chi connectivity index (χ0v) is 36.4. The molecule has 0 saturated carbocycles. The van der Waals surface area contributed by atoms with Gasteiger partial charge in [0, 0.05) is 49.4 Å². The Morgan fingerprint density at radius 3 is 1.64 bits per heavy atom. The van der Waals surface area contributed by atoms with E-state index < -0.39 is 0 Å². The summed E-state index contributed by atoms with van der Waals surface area (Å²) in [4.78, 5) is 2.40.